The lowest BCUT2D eigenvalue weighted by Gasteiger charge is -2.26. The van der Waals surface area contributed by atoms with Crippen LogP contribution in [-0.2, 0) is 22.9 Å². The fourth-order valence-corrected chi connectivity index (χ4v) is 6.08. The van der Waals surface area contributed by atoms with E-state index in [1.165, 1.54) is 29.8 Å². The highest BCUT2D eigenvalue weighted by Crippen LogP contribution is 2.38. The SMILES string of the molecule is O=S(=O)(N[C@@H]1CCSc2c(F)cccc21)c1ccc2c(c1)CCCC2. The lowest BCUT2D eigenvalue weighted by molar-refractivity contribution is 0.533. The topological polar surface area (TPSA) is 46.2 Å². The molecule has 0 aromatic heterocycles. The standard InChI is InChI=1S/C19H20FNO2S2/c20-17-7-3-6-16-18(10-11-24-19(16)17)21-25(22,23)15-9-8-13-4-1-2-5-14(13)12-15/h3,6-9,12,18,21H,1-2,4-5,10-11H2/t18-/m1/s1. The molecule has 0 spiro atoms. The van der Waals surface area contributed by atoms with Crippen LogP contribution >= 0.6 is 11.8 Å². The molecule has 132 valence electrons. The second kappa shape index (κ2) is 6.74. The molecule has 3 nitrogen and oxygen atoms in total. The molecular weight excluding hydrogens is 357 g/mol. The molecule has 0 radical (unpaired) electrons. The van der Waals surface area contributed by atoms with Crippen molar-refractivity contribution >= 4 is 21.8 Å². The lowest BCUT2D eigenvalue weighted by atomic mass is 9.92. The number of sulfonamides is 1. The Bertz CT molecular complexity index is 912. The number of hydrogen-bond donors (Lipinski definition) is 1. The summed E-state index contributed by atoms with van der Waals surface area (Å²) in [7, 11) is -3.63. The molecule has 0 amide bonds. The summed E-state index contributed by atoms with van der Waals surface area (Å²) in [5.41, 5.74) is 3.13. The first-order valence-corrected chi connectivity index (χ1v) is 11.1. The zero-order valence-electron chi connectivity index (χ0n) is 13.8. The Kier molecular flexibility index (Phi) is 4.60. The van der Waals surface area contributed by atoms with E-state index in [0.29, 0.717) is 22.0 Å². The molecule has 0 unspecified atom stereocenters. The van der Waals surface area contributed by atoms with Crippen LogP contribution in [0.3, 0.4) is 0 Å². The molecule has 2 aromatic carbocycles. The summed E-state index contributed by atoms with van der Waals surface area (Å²) in [6, 6.07) is 9.93. The highest BCUT2D eigenvalue weighted by molar-refractivity contribution is 7.99. The van der Waals surface area contributed by atoms with Crippen molar-refractivity contribution in [3.05, 3.63) is 58.9 Å². The summed E-state index contributed by atoms with van der Waals surface area (Å²) in [6.45, 7) is 0. The van der Waals surface area contributed by atoms with Gasteiger partial charge in [0.25, 0.3) is 0 Å². The van der Waals surface area contributed by atoms with Crippen molar-refractivity contribution in [3.63, 3.8) is 0 Å². The summed E-state index contributed by atoms with van der Waals surface area (Å²) in [4.78, 5) is 0.872. The number of nitrogens with one attached hydrogen (secondary N) is 1. The normalized spacial score (nSPS) is 20.0. The van der Waals surface area contributed by atoms with Gasteiger partial charge >= 0.3 is 0 Å². The van der Waals surface area contributed by atoms with Gasteiger partial charge in [-0.1, -0.05) is 18.2 Å². The van der Waals surface area contributed by atoms with Crippen LogP contribution in [0.2, 0.25) is 0 Å². The monoisotopic (exact) mass is 377 g/mol. The summed E-state index contributed by atoms with van der Waals surface area (Å²) in [5.74, 6) is 0.422. The van der Waals surface area contributed by atoms with Gasteiger partial charge in [0.05, 0.1) is 4.90 Å². The molecule has 4 rings (SSSR count). The number of rotatable bonds is 3. The maximum atomic E-state index is 14.0. The maximum Gasteiger partial charge on any atom is 0.241 e. The Morgan fingerprint density at radius 2 is 1.88 bits per heavy atom. The van der Waals surface area contributed by atoms with E-state index in [2.05, 4.69) is 4.72 Å². The molecule has 1 atom stereocenters. The predicted octanol–water partition coefficient (Wildman–Crippen LogP) is 4.22. The Morgan fingerprint density at radius 3 is 2.72 bits per heavy atom. The Labute approximate surface area is 152 Å². The predicted molar refractivity (Wildman–Crippen MR) is 97.9 cm³/mol. The third kappa shape index (κ3) is 3.35. The van der Waals surface area contributed by atoms with Crippen molar-refractivity contribution in [2.45, 2.75) is 47.9 Å². The third-order valence-corrected chi connectivity index (χ3v) is 7.58. The van der Waals surface area contributed by atoms with E-state index in [1.54, 1.807) is 18.2 Å². The number of benzene rings is 2. The van der Waals surface area contributed by atoms with Crippen LogP contribution in [0.5, 0.6) is 0 Å². The molecule has 1 N–H and O–H groups in total. The number of halogens is 1. The zero-order chi connectivity index (χ0) is 17.4. The minimum absolute atomic E-state index is 0.278. The quantitative estimate of drug-likeness (QED) is 0.871. The van der Waals surface area contributed by atoms with E-state index in [1.807, 2.05) is 12.1 Å². The molecule has 2 aromatic rings. The van der Waals surface area contributed by atoms with E-state index in [4.69, 9.17) is 0 Å². The van der Waals surface area contributed by atoms with Crippen LogP contribution in [0.1, 0.15) is 42.0 Å². The van der Waals surface area contributed by atoms with E-state index < -0.39 is 10.0 Å². The zero-order valence-corrected chi connectivity index (χ0v) is 15.4. The number of hydrogen-bond acceptors (Lipinski definition) is 3. The number of aryl methyl sites for hydroxylation is 2. The van der Waals surface area contributed by atoms with Crippen LogP contribution in [0.4, 0.5) is 4.39 Å². The molecule has 1 aliphatic carbocycles. The van der Waals surface area contributed by atoms with Crippen LogP contribution < -0.4 is 4.72 Å². The number of thioether (sulfide) groups is 1. The first-order chi connectivity index (χ1) is 12.0. The Morgan fingerprint density at radius 1 is 1.08 bits per heavy atom. The second-order valence-corrected chi connectivity index (χ2v) is 9.43. The number of fused-ring (bicyclic) bond motifs is 2. The van der Waals surface area contributed by atoms with Gasteiger partial charge in [0, 0.05) is 10.9 Å². The minimum atomic E-state index is -3.63. The largest absolute Gasteiger partial charge is 0.241 e. The van der Waals surface area contributed by atoms with Gasteiger partial charge in [-0.15, -0.1) is 11.8 Å². The fourth-order valence-electron chi connectivity index (χ4n) is 3.64. The molecule has 0 saturated heterocycles. The van der Waals surface area contributed by atoms with Gasteiger partial charge in [-0.3, -0.25) is 0 Å². The van der Waals surface area contributed by atoms with Gasteiger partial charge in [-0.2, -0.15) is 0 Å². The summed E-state index contributed by atoms with van der Waals surface area (Å²) in [6.07, 6.45) is 4.89. The average Bonchev–Trinajstić information content (AvgIpc) is 2.62. The molecule has 0 bridgehead atoms. The average molecular weight is 378 g/mol. The first kappa shape index (κ1) is 17.1. The van der Waals surface area contributed by atoms with Crippen LogP contribution in [0, 0.1) is 5.82 Å². The molecule has 2 aliphatic rings. The lowest BCUT2D eigenvalue weighted by Crippen LogP contribution is -2.31. The fraction of sp³-hybridized carbons (Fsp3) is 0.368. The van der Waals surface area contributed by atoms with Crippen molar-refractivity contribution < 1.29 is 12.8 Å². The van der Waals surface area contributed by atoms with Crippen LogP contribution in [0.15, 0.2) is 46.2 Å². The molecule has 25 heavy (non-hydrogen) atoms. The highest BCUT2D eigenvalue weighted by Gasteiger charge is 2.28. The molecule has 1 heterocycles. The van der Waals surface area contributed by atoms with Crippen molar-refractivity contribution in [2.75, 3.05) is 5.75 Å². The maximum absolute atomic E-state index is 14.0. The highest BCUT2D eigenvalue weighted by atomic mass is 32.2. The molecular formula is C19H20FNO2S2. The van der Waals surface area contributed by atoms with Gasteiger partial charge in [0.1, 0.15) is 5.82 Å². The van der Waals surface area contributed by atoms with Crippen molar-refractivity contribution in [2.24, 2.45) is 0 Å². The van der Waals surface area contributed by atoms with Gasteiger partial charge in [-0.25, -0.2) is 17.5 Å². The molecule has 0 saturated carbocycles. The van der Waals surface area contributed by atoms with E-state index in [9.17, 15) is 12.8 Å². The van der Waals surface area contributed by atoms with Crippen molar-refractivity contribution in [3.8, 4) is 0 Å². The third-order valence-electron chi connectivity index (χ3n) is 4.95. The van der Waals surface area contributed by atoms with Crippen molar-refractivity contribution in [1.82, 2.24) is 4.72 Å². The van der Waals surface area contributed by atoms with Gasteiger partial charge in [0.15, 0.2) is 0 Å². The smallest absolute Gasteiger partial charge is 0.207 e. The minimum Gasteiger partial charge on any atom is -0.207 e. The van der Waals surface area contributed by atoms with Crippen molar-refractivity contribution in [1.29, 1.82) is 0 Å². The van der Waals surface area contributed by atoms with Crippen LogP contribution in [-0.4, -0.2) is 14.2 Å². The van der Waals surface area contributed by atoms with Gasteiger partial charge in [-0.05, 0) is 72.7 Å². The molecule has 6 heteroatoms. The van der Waals surface area contributed by atoms with E-state index in [0.717, 1.165) is 30.4 Å². The van der Waals surface area contributed by atoms with Gasteiger partial charge < -0.3 is 0 Å². The van der Waals surface area contributed by atoms with E-state index >= 15 is 0 Å². The second-order valence-electron chi connectivity index (χ2n) is 6.61. The Hall–Kier alpha value is -1.37. The van der Waals surface area contributed by atoms with E-state index in [-0.39, 0.29) is 11.9 Å². The van der Waals surface area contributed by atoms with Crippen LogP contribution in [0.25, 0.3) is 0 Å². The molecule has 1 aliphatic heterocycles. The molecule has 0 fully saturated rings. The first-order valence-electron chi connectivity index (χ1n) is 8.60. The van der Waals surface area contributed by atoms with Gasteiger partial charge in [0.2, 0.25) is 10.0 Å². The summed E-state index contributed by atoms with van der Waals surface area (Å²) in [5, 5.41) is 0. The summed E-state index contributed by atoms with van der Waals surface area (Å²) >= 11 is 1.45. The summed E-state index contributed by atoms with van der Waals surface area (Å²) < 4.78 is 42.5. The Balaban J connectivity index is 1.64.